The van der Waals surface area contributed by atoms with Gasteiger partial charge >= 0.3 is 0 Å². The van der Waals surface area contributed by atoms with Crippen LogP contribution in [0.2, 0.25) is 0 Å². The van der Waals surface area contributed by atoms with Gasteiger partial charge in [0.05, 0.1) is 11.4 Å². The highest BCUT2D eigenvalue weighted by atomic mass is 19.1. The Bertz CT molecular complexity index is 3140. The molecule has 0 amide bonds. The first-order chi connectivity index (χ1) is 30.6. The smallest absolute Gasteiger partial charge is 0.257 e. The molecule has 3 nitrogen and oxygen atoms in total. The summed E-state index contributed by atoms with van der Waals surface area (Å²) < 4.78 is 24.5. The van der Waals surface area contributed by atoms with Crippen molar-refractivity contribution >= 4 is 68.4 Å². The van der Waals surface area contributed by atoms with E-state index in [0.29, 0.717) is 0 Å². The molecule has 1 aromatic heterocycles. The first kappa shape index (κ1) is 42.1. The van der Waals surface area contributed by atoms with Gasteiger partial charge in [0.1, 0.15) is 11.4 Å². The summed E-state index contributed by atoms with van der Waals surface area (Å²) in [6.45, 7) is 30.3. The maximum Gasteiger partial charge on any atom is 0.257 e. The van der Waals surface area contributed by atoms with Gasteiger partial charge in [0, 0.05) is 33.5 Å². The zero-order chi connectivity index (χ0) is 45.9. The lowest BCUT2D eigenvalue weighted by molar-refractivity contribution is 0.332. The molecule has 0 N–H and O–H groups in total. The third kappa shape index (κ3) is 6.26. The summed E-state index contributed by atoms with van der Waals surface area (Å²) in [6, 6.07) is 38.0. The normalized spacial score (nSPS) is 18.5. The van der Waals surface area contributed by atoms with E-state index in [1.165, 1.54) is 44.4 Å². The molecule has 0 radical (unpaired) electrons. The van der Waals surface area contributed by atoms with Crippen molar-refractivity contribution in [1.82, 2.24) is 0 Å². The van der Waals surface area contributed by atoms with Crippen LogP contribution in [0.3, 0.4) is 0 Å². The molecule has 0 saturated heterocycles. The van der Waals surface area contributed by atoms with Crippen molar-refractivity contribution in [2.45, 2.75) is 143 Å². The molecule has 0 fully saturated rings. The number of hydrogen-bond acceptors (Lipinski definition) is 3. The Morgan fingerprint density at radius 3 is 1.72 bits per heavy atom. The van der Waals surface area contributed by atoms with Crippen LogP contribution in [0.1, 0.15) is 141 Å². The average Bonchev–Trinajstić information content (AvgIpc) is 3.61. The van der Waals surface area contributed by atoms with Crippen molar-refractivity contribution in [3.63, 3.8) is 0 Å². The quantitative estimate of drug-likeness (QED) is 0.165. The van der Waals surface area contributed by atoms with Crippen LogP contribution in [0.4, 0.5) is 38.7 Å². The number of rotatable bonds is 3. The Morgan fingerprint density at radius 2 is 1.12 bits per heavy atom. The number of aryl methyl sites for hydroxylation is 2. The molecule has 11 rings (SSSR count). The van der Waals surface area contributed by atoms with E-state index < -0.39 is 0 Å². The van der Waals surface area contributed by atoms with Crippen LogP contribution < -0.4 is 26.2 Å². The van der Waals surface area contributed by atoms with Gasteiger partial charge in [-0.25, -0.2) is 4.39 Å². The van der Waals surface area contributed by atoms with Gasteiger partial charge in [-0.05, 0) is 165 Å². The van der Waals surface area contributed by atoms with E-state index in [1.54, 1.807) is 6.07 Å². The molecule has 3 heterocycles. The zero-order valence-electron chi connectivity index (χ0n) is 40.9. The Kier molecular flexibility index (Phi) is 8.91. The van der Waals surface area contributed by atoms with Crippen LogP contribution in [0.5, 0.6) is 0 Å². The minimum Gasteiger partial charge on any atom is -0.440 e. The predicted octanol–water partition coefficient (Wildman–Crippen LogP) is 14.9. The third-order valence-electron chi connectivity index (χ3n) is 16.4. The zero-order valence-corrected chi connectivity index (χ0v) is 40.9. The van der Waals surface area contributed by atoms with E-state index in [1.807, 2.05) is 6.07 Å². The molecule has 4 aliphatic rings. The summed E-state index contributed by atoms with van der Waals surface area (Å²) in [5.74, 6) is 0.501. The molecule has 0 unspecified atom stereocenters. The topological polar surface area (TPSA) is 19.6 Å². The first-order valence-corrected chi connectivity index (χ1v) is 24.1. The standard InChI is InChI=1S/C60H64BFN2O/c1-35-19-22-52-41(27-35)53-55(65-52)64(47-21-20-38(28-36(47)2)56(3,4)5)51-30-39(62)29-50-54(51)61(53)46-32-43-45(60(12,13)26-24-58(43,8)9)34-49(46)63(50)48-33-44-42(57(6,7)23-25-59(44,10)11)31-40(48)37-17-15-14-16-18-37/h14-22,27-34H,23-26H2,1-13H3. The van der Waals surface area contributed by atoms with Crippen LogP contribution in [0, 0.1) is 19.7 Å². The van der Waals surface area contributed by atoms with Crippen LogP contribution in [0.15, 0.2) is 108 Å². The molecule has 2 aliphatic carbocycles. The molecule has 0 spiro atoms. The number of nitrogens with zero attached hydrogens (tertiary/aromatic N) is 2. The minimum atomic E-state index is -0.268. The van der Waals surface area contributed by atoms with Gasteiger partial charge in [-0.15, -0.1) is 0 Å². The van der Waals surface area contributed by atoms with Gasteiger partial charge in [0.15, 0.2) is 0 Å². The summed E-state index contributed by atoms with van der Waals surface area (Å²) in [5.41, 5.74) is 20.6. The van der Waals surface area contributed by atoms with Gasteiger partial charge < -0.3 is 9.32 Å². The molecule has 0 saturated carbocycles. The third-order valence-corrected chi connectivity index (χ3v) is 16.4. The largest absolute Gasteiger partial charge is 0.440 e. The van der Waals surface area contributed by atoms with Crippen molar-refractivity contribution in [2.24, 2.45) is 0 Å². The van der Waals surface area contributed by atoms with Gasteiger partial charge in [-0.2, -0.15) is 0 Å². The van der Waals surface area contributed by atoms with Crippen molar-refractivity contribution in [2.75, 3.05) is 9.80 Å². The van der Waals surface area contributed by atoms with E-state index in [0.717, 1.165) is 93.0 Å². The number of furan rings is 1. The van der Waals surface area contributed by atoms with Crippen LogP contribution in [-0.2, 0) is 27.1 Å². The van der Waals surface area contributed by atoms with Crippen molar-refractivity contribution < 1.29 is 8.81 Å². The van der Waals surface area contributed by atoms with E-state index in [2.05, 4.69) is 191 Å². The highest BCUT2D eigenvalue weighted by molar-refractivity contribution is 7.01. The molecular formula is C60H64BFN2O. The fourth-order valence-corrected chi connectivity index (χ4v) is 12.2. The molecule has 330 valence electrons. The van der Waals surface area contributed by atoms with Crippen molar-refractivity contribution in [3.8, 4) is 11.1 Å². The van der Waals surface area contributed by atoms with E-state index in [9.17, 15) is 0 Å². The van der Waals surface area contributed by atoms with E-state index >= 15 is 4.39 Å². The molecule has 0 bridgehead atoms. The van der Waals surface area contributed by atoms with Gasteiger partial charge in [0.25, 0.3) is 6.71 Å². The maximum absolute atomic E-state index is 17.3. The summed E-state index contributed by atoms with van der Waals surface area (Å²) in [6.07, 6.45) is 4.42. The van der Waals surface area contributed by atoms with Crippen molar-refractivity contribution in [1.29, 1.82) is 0 Å². The minimum absolute atomic E-state index is 0.00227. The van der Waals surface area contributed by atoms with Gasteiger partial charge in [-0.1, -0.05) is 136 Å². The molecule has 0 atom stereocenters. The molecule has 2 aliphatic heterocycles. The number of fused-ring (bicyclic) bond motifs is 8. The second-order valence-electron chi connectivity index (χ2n) is 23.8. The first-order valence-electron chi connectivity index (χ1n) is 24.1. The highest BCUT2D eigenvalue weighted by Gasteiger charge is 2.50. The SMILES string of the molecule is Cc1ccc2oc3c(c2c1)B1c2cc4c(cc2N(c2cc5c(cc2-c2ccccc2)C(C)(C)CCC5(C)C)c2cc(F)cc(c21)N3c1ccc(C(C)(C)C)cc1C)C(C)(C)CCC4(C)C. The fraction of sp³-hybridized carbons (Fsp3) is 0.367. The number of halogens is 1. The summed E-state index contributed by atoms with van der Waals surface area (Å²) in [4.78, 5) is 4.73. The predicted molar refractivity (Wildman–Crippen MR) is 274 cm³/mol. The lowest BCUT2D eigenvalue weighted by Crippen LogP contribution is -2.61. The molecule has 6 aromatic carbocycles. The Labute approximate surface area is 387 Å². The summed E-state index contributed by atoms with van der Waals surface area (Å²) in [5, 5.41) is 1.11. The fourth-order valence-electron chi connectivity index (χ4n) is 12.2. The van der Waals surface area contributed by atoms with E-state index in [-0.39, 0.29) is 39.6 Å². The Morgan fingerprint density at radius 1 is 0.554 bits per heavy atom. The summed E-state index contributed by atoms with van der Waals surface area (Å²) >= 11 is 0. The highest BCUT2D eigenvalue weighted by Crippen LogP contribution is 2.55. The monoisotopic (exact) mass is 859 g/mol. The molecule has 5 heteroatoms. The molecule has 7 aromatic rings. The number of benzene rings is 6. The average molecular weight is 859 g/mol. The van der Waals surface area contributed by atoms with Crippen LogP contribution >= 0.6 is 0 Å². The lowest BCUT2D eigenvalue weighted by atomic mass is 9.33. The van der Waals surface area contributed by atoms with E-state index in [4.69, 9.17) is 4.42 Å². The van der Waals surface area contributed by atoms with Crippen molar-refractivity contribution in [3.05, 3.63) is 148 Å². The second-order valence-corrected chi connectivity index (χ2v) is 23.8. The van der Waals surface area contributed by atoms with Gasteiger partial charge in [0.2, 0.25) is 5.88 Å². The second kappa shape index (κ2) is 13.8. The molecular weight excluding hydrogens is 794 g/mol. The van der Waals surface area contributed by atoms with Crippen LogP contribution in [0.25, 0.3) is 22.1 Å². The maximum atomic E-state index is 17.3. The Hall–Kier alpha value is -5.55. The molecule has 65 heavy (non-hydrogen) atoms. The number of anilines is 6. The van der Waals surface area contributed by atoms with Gasteiger partial charge in [-0.3, -0.25) is 4.90 Å². The number of hydrogen-bond donors (Lipinski definition) is 0. The summed E-state index contributed by atoms with van der Waals surface area (Å²) in [7, 11) is 0. The van der Waals surface area contributed by atoms with Crippen LogP contribution in [-0.4, -0.2) is 6.71 Å². The lowest BCUT2D eigenvalue weighted by Gasteiger charge is -2.47. The Balaban J connectivity index is 1.31.